The van der Waals surface area contributed by atoms with E-state index in [4.69, 9.17) is 17.3 Å². The Kier molecular flexibility index (Phi) is 6.08. The number of hydrogen-bond acceptors (Lipinski definition) is 6. The molecule has 0 fully saturated rings. The van der Waals surface area contributed by atoms with Crippen LogP contribution < -0.4 is 16.6 Å². The lowest BCUT2D eigenvalue weighted by Crippen LogP contribution is -2.34. The first-order valence-corrected chi connectivity index (χ1v) is 11.2. The zero-order valence-corrected chi connectivity index (χ0v) is 18.5. The van der Waals surface area contributed by atoms with E-state index in [1.165, 1.54) is 11.3 Å². The highest BCUT2D eigenvalue weighted by atomic mass is 35.5. The number of benzene rings is 1. The molecule has 0 atom stereocenters. The molecular formula is C21H22ClN5O3S. The maximum Gasteiger partial charge on any atom is 0.258 e. The summed E-state index contributed by atoms with van der Waals surface area (Å²) in [5, 5.41) is 4.32. The minimum absolute atomic E-state index is 0.0779. The molecule has 0 aliphatic heterocycles. The van der Waals surface area contributed by atoms with Crippen LogP contribution in [0.5, 0.6) is 0 Å². The summed E-state index contributed by atoms with van der Waals surface area (Å²) < 4.78 is 0. The van der Waals surface area contributed by atoms with Crippen LogP contribution in [0.1, 0.15) is 40.0 Å². The van der Waals surface area contributed by atoms with Crippen molar-refractivity contribution >= 4 is 50.7 Å². The second-order valence-electron chi connectivity index (χ2n) is 7.45. The molecule has 1 aliphatic carbocycles. The Balaban J connectivity index is 1.49. The number of H-pyrrole nitrogens is 1. The number of halogens is 1. The number of aromatic nitrogens is 2. The summed E-state index contributed by atoms with van der Waals surface area (Å²) in [5.74, 6) is -0.323. The SMILES string of the molecule is CCN(CC(=O)Nc1sc2c(c1C(N)=O)CCC2)Cc1nc2cc(Cl)ccc2c(=O)[nH]1. The Bertz CT molecular complexity index is 1240. The fourth-order valence-electron chi connectivity index (χ4n) is 3.85. The number of fused-ring (bicyclic) bond motifs is 2. The van der Waals surface area contributed by atoms with Gasteiger partial charge in [-0.15, -0.1) is 11.3 Å². The standard InChI is InChI=1S/C21H22ClN5O3S/c1-2-27(9-16-24-14-8-11(22)6-7-12(14)20(30)25-16)10-17(28)26-21-18(19(23)29)13-4-3-5-15(13)31-21/h6-8H,2-5,9-10H2,1H3,(H2,23,29)(H,26,28)(H,24,25,30). The Morgan fingerprint density at radius 3 is 2.90 bits per heavy atom. The number of likely N-dealkylation sites (N-methyl/N-ethyl adjacent to an activating group) is 1. The summed E-state index contributed by atoms with van der Waals surface area (Å²) in [5.41, 5.74) is 7.22. The van der Waals surface area contributed by atoms with Gasteiger partial charge in [-0.2, -0.15) is 0 Å². The molecule has 2 amide bonds. The Hall–Kier alpha value is -2.75. The number of primary amides is 1. The van der Waals surface area contributed by atoms with Gasteiger partial charge in [-0.1, -0.05) is 18.5 Å². The van der Waals surface area contributed by atoms with Gasteiger partial charge in [-0.05, 0) is 49.6 Å². The number of rotatable bonds is 7. The summed E-state index contributed by atoms with van der Waals surface area (Å²) in [6.07, 6.45) is 2.72. The van der Waals surface area contributed by atoms with Gasteiger partial charge in [-0.25, -0.2) is 4.98 Å². The highest BCUT2D eigenvalue weighted by Gasteiger charge is 2.26. The molecule has 0 saturated heterocycles. The molecule has 162 valence electrons. The summed E-state index contributed by atoms with van der Waals surface area (Å²) in [7, 11) is 0. The highest BCUT2D eigenvalue weighted by molar-refractivity contribution is 7.17. The first-order chi connectivity index (χ1) is 14.9. The first kappa shape index (κ1) is 21.5. The summed E-state index contributed by atoms with van der Waals surface area (Å²) in [4.78, 5) is 47.1. The van der Waals surface area contributed by atoms with Gasteiger partial charge < -0.3 is 16.0 Å². The fraction of sp³-hybridized carbons (Fsp3) is 0.333. The molecule has 8 nitrogen and oxygen atoms in total. The molecular weight excluding hydrogens is 438 g/mol. The van der Waals surface area contributed by atoms with Crippen molar-refractivity contribution in [1.82, 2.24) is 14.9 Å². The van der Waals surface area contributed by atoms with E-state index in [9.17, 15) is 14.4 Å². The Labute approximate surface area is 187 Å². The third-order valence-corrected chi connectivity index (χ3v) is 6.77. The second kappa shape index (κ2) is 8.78. The number of carbonyl (C=O) groups excluding carboxylic acids is 2. The average molecular weight is 460 g/mol. The lowest BCUT2D eigenvalue weighted by Gasteiger charge is -2.19. The molecule has 1 aliphatic rings. The minimum Gasteiger partial charge on any atom is -0.365 e. The molecule has 4 N–H and O–H groups in total. The van der Waals surface area contributed by atoms with Crippen molar-refractivity contribution in [3.8, 4) is 0 Å². The van der Waals surface area contributed by atoms with E-state index < -0.39 is 5.91 Å². The minimum atomic E-state index is -0.515. The number of amides is 2. The van der Waals surface area contributed by atoms with Crippen molar-refractivity contribution in [3.63, 3.8) is 0 Å². The van der Waals surface area contributed by atoms with E-state index in [2.05, 4.69) is 15.3 Å². The monoisotopic (exact) mass is 459 g/mol. The van der Waals surface area contributed by atoms with E-state index in [0.29, 0.717) is 38.9 Å². The molecule has 4 rings (SSSR count). The van der Waals surface area contributed by atoms with Crippen molar-refractivity contribution in [1.29, 1.82) is 0 Å². The smallest absolute Gasteiger partial charge is 0.258 e. The molecule has 31 heavy (non-hydrogen) atoms. The van der Waals surface area contributed by atoms with Crippen LogP contribution in [-0.4, -0.2) is 39.8 Å². The van der Waals surface area contributed by atoms with Crippen LogP contribution in [0.15, 0.2) is 23.0 Å². The molecule has 0 radical (unpaired) electrons. The first-order valence-electron chi connectivity index (χ1n) is 10.0. The van der Waals surface area contributed by atoms with Gasteiger partial charge in [0.25, 0.3) is 11.5 Å². The van der Waals surface area contributed by atoms with Crippen molar-refractivity contribution in [3.05, 3.63) is 55.4 Å². The van der Waals surface area contributed by atoms with Gasteiger partial charge in [0.05, 0.1) is 29.6 Å². The van der Waals surface area contributed by atoms with E-state index in [1.54, 1.807) is 18.2 Å². The topological polar surface area (TPSA) is 121 Å². The van der Waals surface area contributed by atoms with Crippen molar-refractivity contribution in [2.75, 3.05) is 18.4 Å². The third-order valence-electron chi connectivity index (χ3n) is 5.33. The maximum atomic E-state index is 12.7. The number of nitrogens with one attached hydrogen (secondary N) is 2. The van der Waals surface area contributed by atoms with Gasteiger partial charge in [0.1, 0.15) is 10.8 Å². The van der Waals surface area contributed by atoms with Gasteiger partial charge >= 0.3 is 0 Å². The average Bonchev–Trinajstić information content (AvgIpc) is 3.27. The number of carbonyl (C=O) groups is 2. The van der Waals surface area contributed by atoms with E-state index >= 15 is 0 Å². The zero-order chi connectivity index (χ0) is 22.1. The molecule has 0 bridgehead atoms. The zero-order valence-electron chi connectivity index (χ0n) is 17.0. The lowest BCUT2D eigenvalue weighted by molar-refractivity contribution is -0.117. The normalized spacial score (nSPS) is 13.0. The van der Waals surface area contributed by atoms with Crippen LogP contribution >= 0.6 is 22.9 Å². The number of hydrogen-bond donors (Lipinski definition) is 3. The van der Waals surface area contributed by atoms with Gasteiger partial charge in [0.2, 0.25) is 5.91 Å². The van der Waals surface area contributed by atoms with E-state index in [1.807, 2.05) is 11.8 Å². The second-order valence-corrected chi connectivity index (χ2v) is 8.99. The molecule has 0 unspecified atom stereocenters. The third kappa shape index (κ3) is 4.48. The van der Waals surface area contributed by atoms with Crippen molar-refractivity contribution in [2.45, 2.75) is 32.7 Å². The van der Waals surface area contributed by atoms with Crippen LogP contribution in [0.2, 0.25) is 5.02 Å². The Morgan fingerprint density at radius 2 is 2.16 bits per heavy atom. The van der Waals surface area contributed by atoms with Crippen LogP contribution in [0.4, 0.5) is 5.00 Å². The van der Waals surface area contributed by atoms with Gasteiger partial charge in [0.15, 0.2) is 0 Å². The van der Waals surface area contributed by atoms with E-state index in [-0.39, 0.29) is 24.6 Å². The molecule has 2 aromatic heterocycles. The summed E-state index contributed by atoms with van der Waals surface area (Å²) in [6.45, 7) is 2.84. The quantitative estimate of drug-likeness (QED) is 0.501. The molecule has 2 heterocycles. The largest absolute Gasteiger partial charge is 0.365 e. The Morgan fingerprint density at radius 1 is 1.35 bits per heavy atom. The molecule has 3 aromatic rings. The molecule has 0 saturated carbocycles. The number of nitrogens with two attached hydrogens (primary N) is 1. The fourth-order valence-corrected chi connectivity index (χ4v) is 5.33. The van der Waals surface area contributed by atoms with Gasteiger partial charge in [0, 0.05) is 9.90 Å². The van der Waals surface area contributed by atoms with Crippen LogP contribution in [0, 0.1) is 0 Å². The van der Waals surface area contributed by atoms with Crippen LogP contribution in [0.25, 0.3) is 10.9 Å². The number of anilines is 1. The predicted octanol–water partition coefficient (Wildman–Crippen LogP) is 2.69. The van der Waals surface area contributed by atoms with Crippen molar-refractivity contribution < 1.29 is 9.59 Å². The highest BCUT2D eigenvalue weighted by Crippen LogP contribution is 2.38. The molecule has 10 heteroatoms. The maximum absolute atomic E-state index is 12.7. The predicted molar refractivity (Wildman–Crippen MR) is 122 cm³/mol. The number of aryl methyl sites for hydroxylation is 1. The molecule has 0 spiro atoms. The lowest BCUT2D eigenvalue weighted by atomic mass is 10.1. The van der Waals surface area contributed by atoms with Crippen molar-refractivity contribution in [2.24, 2.45) is 5.73 Å². The van der Waals surface area contributed by atoms with E-state index in [0.717, 1.165) is 29.7 Å². The molecule has 1 aromatic carbocycles. The van der Waals surface area contributed by atoms with Gasteiger partial charge in [-0.3, -0.25) is 19.3 Å². The van der Waals surface area contributed by atoms with Crippen LogP contribution in [-0.2, 0) is 24.2 Å². The van der Waals surface area contributed by atoms with Crippen LogP contribution in [0.3, 0.4) is 0 Å². The number of aromatic amines is 1. The summed E-state index contributed by atoms with van der Waals surface area (Å²) >= 11 is 7.44. The summed E-state index contributed by atoms with van der Waals surface area (Å²) in [6, 6.07) is 4.91. The number of thiophene rings is 1. The number of nitrogens with zero attached hydrogens (tertiary/aromatic N) is 2.